The molecular weight excluding hydrogens is 532 g/mol. The molecule has 0 spiro atoms. The maximum Gasteiger partial charge on any atom is 0.265 e. The molecule has 0 saturated heterocycles. The molecule has 5 rings (SSSR count). The van der Waals surface area contributed by atoms with E-state index in [2.05, 4.69) is 0 Å². The van der Waals surface area contributed by atoms with Crippen molar-refractivity contribution in [3.63, 3.8) is 0 Å². The van der Waals surface area contributed by atoms with Crippen molar-refractivity contribution in [1.82, 2.24) is 4.90 Å². The van der Waals surface area contributed by atoms with Crippen LogP contribution in [0.3, 0.4) is 0 Å². The Balaban J connectivity index is 1.57. The van der Waals surface area contributed by atoms with Crippen molar-refractivity contribution in [1.29, 1.82) is 0 Å². The zero-order valence-electron chi connectivity index (χ0n) is 21.3. The van der Waals surface area contributed by atoms with Gasteiger partial charge in [0.25, 0.3) is 11.8 Å². The molecule has 38 heavy (non-hydrogen) atoms. The molecule has 1 aromatic carbocycles. The van der Waals surface area contributed by atoms with E-state index in [1.165, 1.54) is 12.5 Å². The van der Waals surface area contributed by atoms with Crippen molar-refractivity contribution < 1.29 is 37.1 Å². The predicted octanol–water partition coefficient (Wildman–Crippen LogP) is 3.22. The predicted molar refractivity (Wildman–Crippen MR) is 139 cm³/mol. The number of nitrogens with zero attached hydrogens (tertiary/aromatic N) is 2. The monoisotopic (exact) mass is 560 g/mol. The number of hydrogen-bond acceptors (Lipinski definition) is 9. The summed E-state index contributed by atoms with van der Waals surface area (Å²) in [6.07, 6.45) is 3.74. The lowest BCUT2D eigenvalue weighted by Gasteiger charge is -2.27. The standard InChI is InChI=1S/C26H28N2O8S2/c1-4-36-20-11-16(9-10-19(20)35-2)18(13-38(3,33)34)27-24(31)17-12-37-26(21(17)25(27)32)28(22(29)14-5-6-14)23(30)15-7-8-15/h9-12,14-15,18H,4-8,13H2,1-3H3/t18-/m1/s1. The molecule has 10 nitrogen and oxygen atoms in total. The highest BCUT2D eigenvalue weighted by atomic mass is 32.2. The van der Waals surface area contributed by atoms with E-state index in [9.17, 15) is 27.6 Å². The van der Waals surface area contributed by atoms with Gasteiger partial charge in [-0.05, 0) is 50.3 Å². The van der Waals surface area contributed by atoms with Crippen LogP contribution in [0.15, 0.2) is 23.6 Å². The van der Waals surface area contributed by atoms with Crippen LogP contribution in [0.25, 0.3) is 0 Å². The Morgan fingerprint density at radius 1 is 1.08 bits per heavy atom. The van der Waals surface area contributed by atoms with Crippen molar-refractivity contribution in [3.8, 4) is 11.5 Å². The third-order valence-electron chi connectivity index (χ3n) is 6.80. The number of ether oxygens (including phenoxy) is 2. The number of carbonyl (C=O) groups excluding carboxylic acids is 4. The minimum absolute atomic E-state index is 0.0277. The highest BCUT2D eigenvalue weighted by Gasteiger charge is 2.49. The lowest BCUT2D eigenvalue weighted by atomic mass is 10.1. The molecule has 0 bridgehead atoms. The van der Waals surface area contributed by atoms with Gasteiger partial charge in [-0.1, -0.05) is 6.07 Å². The lowest BCUT2D eigenvalue weighted by Crippen LogP contribution is -2.40. The number of thiophene rings is 1. The fourth-order valence-corrected chi connectivity index (χ4v) is 6.58. The molecule has 4 amide bonds. The second-order valence-electron chi connectivity index (χ2n) is 9.82. The third kappa shape index (κ3) is 4.82. The Hall–Kier alpha value is -3.25. The lowest BCUT2D eigenvalue weighted by molar-refractivity contribution is -0.127. The van der Waals surface area contributed by atoms with Crippen LogP contribution in [-0.2, 0) is 19.4 Å². The molecule has 1 aliphatic heterocycles. The molecule has 12 heteroatoms. The normalized spacial score (nSPS) is 17.8. The second-order valence-corrected chi connectivity index (χ2v) is 12.9. The van der Waals surface area contributed by atoms with E-state index in [-0.39, 0.29) is 39.8 Å². The molecule has 0 N–H and O–H groups in total. The van der Waals surface area contributed by atoms with Gasteiger partial charge in [0.2, 0.25) is 11.8 Å². The van der Waals surface area contributed by atoms with Crippen molar-refractivity contribution in [2.24, 2.45) is 11.8 Å². The van der Waals surface area contributed by atoms with E-state index in [4.69, 9.17) is 9.47 Å². The number of fused-ring (bicyclic) bond motifs is 1. The van der Waals surface area contributed by atoms with Gasteiger partial charge in [-0.3, -0.25) is 24.1 Å². The number of rotatable bonds is 10. The van der Waals surface area contributed by atoms with Crippen molar-refractivity contribution in [3.05, 3.63) is 40.3 Å². The summed E-state index contributed by atoms with van der Waals surface area (Å²) in [5.41, 5.74) is 0.404. The fourth-order valence-electron chi connectivity index (χ4n) is 4.61. The Morgan fingerprint density at radius 3 is 2.24 bits per heavy atom. The highest BCUT2D eigenvalue weighted by Crippen LogP contribution is 2.45. The number of anilines is 1. The summed E-state index contributed by atoms with van der Waals surface area (Å²) in [6, 6.07) is 3.58. The van der Waals surface area contributed by atoms with Crippen LogP contribution in [0.4, 0.5) is 5.00 Å². The van der Waals surface area contributed by atoms with Gasteiger partial charge in [0, 0.05) is 23.5 Å². The number of sulfone groups is 1. The van der Waals surface area contributed by atoms with Crippen LogP contribution in [0.1, 0.15) is 64.9 Å². The SMILES string of the molecule is CCOc1cc([C@@H](CS(C)(=O)=O)N2C(=O)c3csc(N(C(=O)C4CC4)C(=O)C4CC4)c3C2=O)ccc1OC. The Morgan fingerprint density at radius 2 is 1.71 bits per heavy atom. The van der Waals surface area contributed by atoms with E-state index in [0.717, 1.165) is 27.4 Å². The Bertz CT molecular complexity index is 1410. The summed E-state index contributed by atoms with van der Waals surface area (Å²) < 4.78 is 35.8. The molecule has 1 atom stereocenters. The van der Waals surface area contributed by atoms with Crippen LogP contribution >= 0.6 is 11.3 Å². The van der Waals surface area contributed by atoms with Gasteiger partial charge in [-0.2, -0.15) is 0 Å². The molecule has 202 valence electrons. The van der Waals surface area contributed by atoms with Gasteiger partial charge in [0.1, 0.15) is 14.8 Å². The first-order chi connectivity index (χ1) is 18.1. The Labute approximate surface area is 224 Å². The second kappa shape index (κ2) is 9.81. The first-order valence-electron chi connectivity index (χ1n) is 12.4. The number of methoxy groups -OCH3 is 1. The van der Waals surface area contributed by atoms with Crippen LogP contribution in [-0.4, -0.2) is 62.7 Å². The summed E-state index contributed by atoms with van der Waals surface area (Å²) in [5, 5.41) is 1.60. The molecule has 2 aliphatic carbocycles. The quantitative estimate of drug-likeness (QED) is 0.406. The van der Waals surface area contributed by atoms with E-state index in [0.29, 0.717) is 49.4 Å². The van der Waals surface area contributed by atoms with Gasteiger partial charge in [0.05, 0.1) is 36.6 Å². The van der Waals surface area contributed by atoms with Gasteiger partial charge in [-0.25, -0.2) is 13.3 Å². The van der Waals surface area contributed by atoms with Crippen molar-refractivity contribution in [2.75, 3.05) is 30.6 Å². The van der Waals surface area contributed by atoms with E-state index < -0.39 is 33.4 Å². The van der Waals surface area contributed by atoms with Crippen LogP contribution in [0.5, 0.6) is 11.5 Å². The number of carbonyl (C=O) groups is 4. The smallest absolute Gasteiger partial charge is 0.265 e. The number of amides is 4. The maximum atomic E-state index is 13.9. The molecule has 2 fully saturated rings. The molecule has 2 aromatic rings. The average Bonchev–Trinajstić information content (AvgIpc) is 3.79. The summed E-state index contributed by atoms with van der Waals surface area (Å²) in [5.74, 6) is -2.41. The first-order valence-corrected chi connectivity index (χ1v) is 15.3. The highest BCUT2D eigenvalue weighted by molar-refractivity contribution is 7.90. The van der Waals surface area contributed by atoms with Gasteiger partial charge >= 0.3 is 0 Å². The summed E-state index contributed by atoms with van der Waals surface area (Å²) >= 11 is 1.01. The zero-order chi connectivity index (χ0) is 27.4. The first kappa shape index (κ1) is 26.4. The van der Waals surface area contributed by atoms with E-state index >= 15 is 0 Å². The minimum Gasteiger partial charge on any atom is -0.493 e. The summed E-state index contributed by atoms with van der Waals surface area (Å²) in [4.78, 5) is 55.7. The van der Waals surface area contributed by atoms with E-state index in [1.54, 1.807) is 25.1 Å². The van der Waals surface area contributed by atoms with E-state index in [1.807, 2.05) is 0 Å². The topological polar surface area (TPSA) is 127 Å². The fraction of sp³-hybridized carbons (Fsp3) is 0.462. The summed E-state index contributed by atoms with van der Waals surface area (Å²) in [7, 11) is -2.19. The molecule has 3 aliphatic rings. The number of hydrogen-bond donors (Lipinski definition) is 0. The van der Waals surface area contributed by atoms with Crippen LogP contribution < -0.4 is 14.4 Å². The van der Waals surface area contributed by atoms with Gasteiger partial charge < -0.3 is 9.47 Å². The molecule has 0 unspecified atom stereocenters. The van der Waals surface area contributed by atoms with Crippen LogP contribution in [0.2, 0.25) is 0 Å². The minimum atomic E-state index is -3.66. The number of imide groups is 2. The molecule has 0 radical (unpaired) electrons. The third-order valence-corrected chi connectivity index (χ3v) is 8.68. The number of benzene rings is 1. The molecule has 1 aromatic heterocycles. The molecule has 2 saturated carbocycles. The average molecular weight is 561 g/mol. The Kier molecular flexibility index (Phi) is 6.80. The van der Waals surface area contributed by atoms with Crippen molar-refractivity contribution >= 4 is 49.8 Å². The van der Waals surface area contributed by atoms with Crippen molar-refractivity contribution in [2.45, 2.75) is 38.6 Å². The largest absolute Gasteiger partial charge is 0.493 e. The maximum absolute atomic E-state index is 13.9. The van der Waals surface area contributed by atoms with Gasteiger partial charge in [-0.15, -0.1) is 11.3 Å². The zero-order valence-corrected chi connectivity index (χ0v) is 22.9. The summed E-state index contributed by atoms with van der Waals surface area (Å²) in [6.45, 7) is 2.10. The van der Waals surface area contributed by atoms with Gasteiger partial charge in [0.15, 0.2) is 11.5 Å². The molecule has 2 heterocycles. The molecular formula is C26H28N2O8S2. The van der Waals surface area contributed by atoms with Crippen LogP contribution in [0, 0.1) is 11.8 Å².